The van der Waals surface area contributed by atoms with Crippen LogP contribution in [0.25, 0.3) is 10.9 Å². The van der Waals surface area contributed by atoms with Crippen molar-refractivity contribution in [1.82, 2.24) is 20.9 Å². The van der Waals surface area contributed by atoms with E-state index in [1.54, 1.807) is 12.3 Å². The van der Waals surface area contributed by atoms with Crippen molar-refractivity contribution >= 4 is 69.3 Å². The number of para-hydroxylation sites is 1. The molecule has 21 nitrogen and oxygen atoms in total. The quantitative estimate of drug-likeness (QED) is 0.0317. The third kappa shape index (κ3) is 15.0. The number of anilines is 3. The Balaban J connectivity index is 1.32. The predicted octanol–water partition coefficient (Wildman–Crippen LogP) is 3.89. The summed E-state index contributed by atoms with van der Waals surface area (Å²) in [6, 6.07) is 17.3. The molecule has 384 valence electrons. The zero-order chi connectivity index (χ0) is 52.2. The van der Waals surface area contributed by atoms with Gasteiger partial charge in [-0.2, -0.15) is 0 Å². The zero-order valence-electron chi connectivity index (χ0n) is 40.7. The van der Waals surface area contributed by atoms with Crippen LogP contribution in [0.3, 0.4) is 0 Å². The predicted molar refractivity (Wildman–Crippen MR) is 274 cm³/mol. The summed E-state index contributed by atoms with van der Waals surface area (Å²) in [5.74, 6) is -3.83. The van der Waals surface area contributed by atoms with Crippen molar-refractivity contribution in [1.29, 1.82) is 0 Å². The van der Waals surface area contributed by atoms with Gasteiger partial charge in [0, 0.05) is 34.2 Å². The Bertz CT molecular complexity index is 2710. The Morgan fingerprint density at radius 2 is 0.847 bits per heavy atom. The highest BCUT2D eigenvalue weighted by atomic mass is 16.5. The largest absolute Gasteiger partial charge is 0.496 e. The van der Waals surface area contributed by atoms with Crippen LogP contribution in [0, 0.1) is 0 Å². The smallest absolute Gasteiger partial charge is 0.255 e. The maximum absolute atomic E-state index is 14.1. The number of aromatic nitrogens is 1. The number of primary amides is 1. The molecule has 1 aromatic heterocycles. The molecule has 0 saturated carbocycles. The summed E-state index contributed by atoms with van der Waals surface area (Å²) in [6.45, 7) is 1.10. The number of nitrogens with two attached hydrogens (primary N) is 4. The summed E-state index contributed by atoms with van der Waals surface area (Å²) in [5, 5.41) is 17.4. The highest BCUT2D eigenvalue weighted by Gasteiger charge is 2.28. The SMILES string of the molecule is COc1ccc(NC(=O)[C@H](CCCCN)NC(=O)c2cc(NC(=O)C(CCCCN)NC(=O)c3cc(NC(=O)[C@H](CCCCN)NC(=O)c4c[nH]c5ccccc45)ccc3OC)ccc2OC)cc1C(N)=O. The molecule has 3 atom stereocenters. The number of unbranched alkanes of at least 4 members (excludes halogenated alkanes) is 3. The van der Waals surface area contributed by atoms with Crippen molar-refractivity contribution in [3.8, 4) is 17.2 Å². The van der Waals surface area contributed by atoms with E-state index < -0.39 is 59.5 Å². The van der Waals surface area contributed by atoms with E-state index in [4.69, 9.17) is 37.1 Å². The Morgan fingerprint density at radius 1 is 0.486 bits per heavy atom. The van der Waals surface area contributed by atoms with Crippen LogP contribution < -0.4 is 69.0 Å². The van der Waals surface area contributed by atoms with Gasteiger partial charge in [0.25, 0.3) is 23.6 Å². The van der Waals surface area contributed by atoms with E-state index >= 15 is 0 Å². The van der Waals surface area contributed by atoms with Crippen molar-refractivity contribution in [2.45, 2.75) is 75.9 Å². The van der Waals surface area contributed by atoms with E-state index in [0.29, 0.717) is 75.5 Å². The van der Waals surface area contributed by atoms with Gasteiger partial charge in [0.1, 0.15) is 35.4 Å². The average molecular weight is 992 g/mol. The van der Waals surface area contributed by atoms with Gasteiger partial charge in [-0.25, -0.2) is 0 Å². The van der Waals surface area contributed by atoms with Gasteiger partial charge < -0.3 is 74.0 Å². The number of methoxy groups -OCH3 is 3. The van der Waals surface area contributed by atoms with Gasteiger partial charge in [0.2, 0.25) is 17.7 Å². The zero-order valence-corrected chi connectivity index (χ0v) is 40.7. The molecule has 72 heavy (non-hydrogen) atoms. The Labute approximate surface area is 417 Å². The van der Waals surface area contributed by atoms with Gasteiger partial charge in [0.15, 0.2) is 0 Å². The lowest BCUT2D eigenvalue weighted by Gasteiger charge is -2.21. The normalized spacial score (nSPS) is 12.1. The number of rotatable bonds is 28. The summed E-state index contributed by atoms with van der Waals surface area (Å²) >= 11 is 0. The number of benzene rings is 4. The van der Waals surface area contributed by atoms with Crippen LogP contribution in [0.1, 0.15) is 99.2 Å². The first kappa shape index (κ1) is 54.9. The number of carbonyl (C=O) groups is 7. The van der Waals surface area contributed by atoms with Crippen LogP contribution in [0.2, 0.25) is 0 Å². The number of amides is 7. The lowest BCUT2D eigenvalue weighted by Crippen LogP contribution is -2.44. The summed E-state index contributed by atoms with van der Waals surface area (Å²) in [5.41, 5.74) is 24.6. The van der Waals surface area contributed by atoms with Crippen LogP contribution in [0.5, 0.6) is 17.2 Å². The van der Waals surface area contributed by atoms with E-state index in [1.807, 2.05) is 24.3 Å². The van der Waals surface area contributed by atoms with Gasteiger partial charge in [-0.3, -0.25) is 33.6 Å². The summed E-state index contributed by atoms with van der Waals surface area (Å²) < 4.78 is 16.2. The maximum Gasteiger partial charge on any atom is 0.255 e. The molecule has 0 bridgehead atoms. The molecule has 0 aliphatic heterocycles. The second-order valence-corrected chi connectivity index (χ2v) is 16.8. The first-order chi connectivity index (χ1) is 34.7. The fourth-order valence-electron chi connectivity index (χ4n) is 7.84. The molecule has 0 aliphatic rings. The minimum Gasteiger partial charge on any atom is -0.496 e. The summed E-state index contributed by atoms with van der Waals surface area (Å²) in [4.78, 5) is 98.2. The minimum absolute atomic E-state index is 0.00296. The number of aromatic amines is 1. The maximum atomic E-state index is 14.1. The van der Waals surface area contributed by atoms with E-state index in [1.165, 1.54) is 69.9 Å². The third-order valence-corrected chi connectivity index (χ3v) is 11.7. The van der Waals surface area contributed by atoms with Gasteiger partial charge in [-0.1, -0.05) is 18.2 Å². The minimum atomic E-state index is -1.12. The molecule has 0 saturated heterocycles. The Kier molecular flexibility index (Phi) is 20.9. The lowest BCUT2D eigenvalue weighted by molar-refractivity contribution is -0.118. The van der Waals surface area contributed by atoms with Crippen LogP contribution in [0.4, 0.5) is 17.1 Å². The monoisotopic (exact) mass is 991 g/mol. The van der Waals surface area contributed by atoms with E-state index in [0.717, 1.165) is 5.52 Å². The second-order valence-electron chi connectivity index (χ2n) is 16.8. The molecule has 0 radical (unpaired) electrons. The van der Waals surface area contributed by atoms with Crippen LogP contribution in [0.15, 0.2) is 85.1 Å². The number of fused-ring (bicyclic) bond motifs is 1. The van der Waals surface area contributed by atoms with Gasteiger partial charge in [0.05, 0.1) is 43.6 Å². The van der Waals surface area contributed by atoms with Crippen LogP contribution in [-0.2, 0) is 14.4 Å². The summed E-state index contributed by atoms with van der Waals surface area (Å²) in [6.07, 6.45) is 5.51. The van der Waals surface area contributed by atoms with E-state index in [-0.39, 0.29) is 63.8 Å². The lowest BCUT2D eigenvalue weighted by atomic mass is 10.1. The molecule has 0 aliphatic carbocycles. The number of hydrogen-bond donors (Lipinski definition) is 11. The van der Waals surface area contributed by atoms with Crippen molar-refractivity contribution < 1.29 is 47.8 Å². The number of nitrogens with one attached hydrogen (secondary N) is 7. The molecule has 0 spiro atoms. The number of ether oxygens (including phenoxy) is 3. The van der Waals surface area contributed by atoms with Crippen LogP contribution >= 0.6 is 0 Å². The molecule has 21 heteroatoms. The number of carbonyl (C=O) groups excluding carboxylic acids is 7. The average Bonchev–Trinajstić information content (AvgIpc) is 3.82. The fraction of sp³-hybridized carbons (Fsp3) is 0.353. The van der Waals surface area contributed by atoms with E-state index in [9.17, 15) is 33.6 Å². The van der Waals surface area contributed by atoms with Crippen molar-refractivity contribution in [2.75, 3.05) is 56.9 Å². The Morgan fingerprint density at radius 3 is 1.22 bits per heavy atom. The molecule has 7 amide bonds. The molecular formula is C51H65N11O10. The molecule has 5 aromatic rings. The van der Waals surface area contributed by atoms with Crippen LogP contribution in [-0.4, -0.2) is 105 Å². The van der Waals surface area contributed by atoms with Crippen molar-refractivity contribution in [3.05, 3.63) is 107 Å². The standard InChI is InChI=1S/C51H65N11O10/c1-70-42-20-17-30(26-34(42)45(55)63)57-49(67)39(14-6-9-23-52)60-46(64)35-27-31(18-21-43(35)71-2)58-50(68)40(15-7-10-24-53)61-47(65)36-28-32(19-22-44(36)72-3)59-51(69)41(16-8-11-25-54)62-48(66)37-29-56-38-13-5-4-12-33(37)38/h4-5,12-13,17-22,26-29,39-41,56H,6-11,14-16,23-25,52-54H2,1-3H3,(H2,55,63)(H,57,67)(H,58,68)(H,59,69)(H,60,64)(H,61,65)(H,62,66)/t39-,40?,41-/m0/s1. The van der Waals surface area contributed by atoms with Crippen molar-refractivity contribution in [2.24, 2.45) is 22.9 Å². The fourth-order valence-corrected chi connectivity index (χ4v) is 7.84. The van der Waals surface area contributed by atoms with Crippen molar-refractivity contribution in [3.63, 3.8) is 0 Å². The molecular weight excluding hydrogens is 927 g/mol. The van der Waals surface area contributed by atoms with E-state index in [2.05, 4.69) is 36.9 Å². The number of hydrogen-bond acceptors (Lipinski definition) is 13. The molecule has 0 fully saturated rings. The number of H-pyrrole nitrogens is 1. The van der Waals surface area contributed by atoms with Gasteiger partial charge in [-0.05, 0) is 138 Å². The molecule has 15 N–H and O–H groups in total. The first-order valence-corrected chi connectivity index (χ1v) is 23.6. The van der Waals surface area contributed by atoms with Gasteiger partial charge >= 0.3 is 0 Å². The summed E-state index contributed by atoms with van der Waals surface area (Å²) in [7, 11) is 4.11. The molecule has 5 rings (SSSR count). The highest BCUT2D eigenvalue weighted by molar-refractivity contribution is 6.09. The topological polar surface area (TPSA) is 339 Å². The Hall–Kier alpha value is -8.01. The first-order valence-electron chi connectivity index (χ1n) is 23.6. The third-order valence-electron chi connectivity index (χ3n) is 11.7. The molecule has 4 aromatic carbocycles. The van der Waals surface area contributed by atoms with Gasteiger partial charge in [-0.15, -0.1) is 0 Å². The molecule has 1 unspecified atom stereocenters. The second kappa shape index (κ2) is 27.4. The molecule has 1 heterocycles. The highest BCUT2D eigenvalue weighted by Crippen LogP contribution is 2.27.